The monoisotopic (exact) mass is 297 g/mol. The number of fused-ring (bicyclic) bond motifs is 3. The second-order valence-electron chi connectivity index (χ2n) is 6.37. The molecular weight excluding hydrogens is 278 g/mol. The highest BCUT2D eigenvalue weighted by Crippen LogP contribution is 2.35. The molecule has 4 aromatic rings. The summed E-state index contributed by atoms with van der Waals surface area (Å²) in [5.74, 6) is 0. The second kappa shape index (κ2) is 5.20. The van der Waals surface area contributed by atoms with Gasteiger partial charge in [0, 0.05) is 17.1 Å². The molecular formula is C22H19N. The molecule has 1 heterocycles. The van der Waals surface area contributed by atoms with Crippen LogP contribution in [0.2, 0.25) is 0 Å². The van der Waals surface area contributed by atoms with E-state index in [9.17, 15) is 0 Å². The van der Waals surface area contributed by atoms with Crippen molar-refractivity contribution in [1.82, 2.24) is 4.98 Å². The number of benzene rings is 3. The fraction of sp³-hybridized carbons (Fsp3) is 0.136. The summed E-state index contributed by atoms with van der Waals surface area (Å²) in [5, 5.41) is 5.09. The van der Waals surface area contributed by atoms with Crippen molar-refractivity contribution in [3.63, 3.8) is 0 Å². The number of pyridine rings is 1. The summed E-state index contributed by atoms with van der Waals surface area (Å²) in [6, 6.07) is 19.7. The third kappa shape index (κ3) is 2.29. The highest BCUT2D eigenvalue weighted by atomic mass is 14.7. The van der Waals surface area contributed by atoms with Gasteiger partial charge in [0.05, 0.1) is 5.69 Å². The molecule has 0 aliphatic rings. The highest BCUT2D eigenvalue weighted by molar-refractivity contribution is 6.14. The first-order valence-corrected chi connectivity index (χ1v) is 7.99. The van der Waals surface area contributed by atoms with Crippen molar-refractivity contribution in [1.29, 1.82) is 0 Å². The minimum atomic E-state index is 1.07. The van der Waals surface area contributed by atoms with E-state index in [-0.39, 0.29) is 0 Å². The molecule has 0 amide bonds. The first kappa shape index (κ1) is 14.0. The highest BCUT2D eigenvalue weighted by Gasteiger charge is 2.11. The fourth-order valence-corrected chi connectivity index (χ4v) is 3.57. The number of aromatic nitrogens is 1. The lowest BCUT2D eigenvalue weighted by atomic mass is 9.94. The van der Waals surface area contributed by atoms with E-state index >= 15 is 0 Å². The van der Waals surface area contributed by atoms with Crippen LogP contribution in [0.25, 0.3) is 32.8 Å². The molecule has 1 heteroatoms. The van der Waals surface area contributed by atoms with E-state index in [0.29, 0.717) is 0 Å². The smallest absolute Gasteiger partial charge is 0.0786 e. The topological polar surface area (TPSA) is 12.9 Å². The zero-order chi connectivity index (χ0) is 16.0. The summed E-state index contributed by atoms with van der Waals surface area (Å²) < 4.78 is 0. The van der Waals surface area contributed by atoms with Crippen LogP contribution >= 0.6 is 0 Å². The Hall–Kier alpha value is -2.67. The Bertz CT molecular complexity index is 1020. The molecule has 0 saturated heterocycles. The van der Waals surface area contributed by atoms with Crippen LogP contribution in [0.1, 0.15) is 16.7 Å². The Morgan fingerprint density at radius 1 is 0.739 bits per heavy atom. The van der Waals surface area contributed by atoms with E-state index in [1.54, 1.807) is 0 Å². The van der Waals surface area contributed by atoms with Crippen LogP contribution in [0.5, 0.6) is 0 Å². The van der Waals surface area contributed by atoms with Gasteiger partial charge in [-0.2, -0.15) is 0 Å². The van der Waals surface area contributed by atoms with Crippen molar-refractivity contribution in [3.8, 4) is 11.3 Å². The number of rotatable bonds is 1. The zero-order valence-electron chi connectivity index (χ0n) is 13.7. The summed E-state index contributed by atoms with van der Waals surface area (Å²) >= 11 is 0. The van der Waals surface area contributed by atoms with Gasteiger partial charge < -0.3 is 0 Å². The van der Waals surface area contributed by atoms with E-state index in [0.717, 1.165) is 5.69 Å². The van der Waals surface area contributed by atoms with E-state index < -0.39 is 0 Å². The van der Waals surface area contributed by atoms with Crippen LogP contribution in [-0.2, 0) is 0 Å². The van der Waals surface area contributed by atoms with Crippen molar-refractivity contribution in [2.75, 3.05) is 0 Å². The standard InChI is InChI=1S/C22H19N/c1-14-10-15(2)12-18(11-14)22-21-17(8-9-23-22)13-16(3)19-6-4-5-7-20(19)21/h4-13H,1-3H3. The van der Waals surface area contributed by atoms with Gasteiger partial charge >= 0.3 is 0 Å². The maximum Gasteiger partial charge on any atom is 0.0786 e. The lowest BCUT2D eigenvalue weighted by Crippen LogP contribution is -1.91. The normalized spacial score (nSPS) is 11.3. The fourth-order valence-electron chi connectivity index (χ4n) is 3.57. The molecule has 0 spiro atoms. The van der Waals surface area contributed by atoms with Crippen molar-refractivity contribution in [2.45, 2.75) is 20.8 Å². The molecule has 0 radical (unpaired) electrons. The minimum absolute atomic E-state index is 1.07. The molecule has 0 atom stereocenters. The number of nitrogens with zero attached hydrogens (tertiary/aromatic N) is 1. The van der Waals surface area contributed by atoms with E-state index in [4.69, 9.17) is 4.98 Å². The van der Waals surface area contributed by atoms with Gasteiger partial charge in [0.25, 0.3) is 0 Å². The van der Waals surface area contributed by atoms with Crippen LogP contribution in [-0.4, -0.2) is 4.98 Å². The molecule has 112 valence electrons. The largest absolute Gasteiger partial charge is 0.256 e. The Balaban J connectivity index is 2.17. The zero-order valence-corrected chi connectivity index (χ0v) is 13.7. The summed E-state index contributed by atoms with van der Waals surface area (Å²) in [6.07, 6.45) is 1.92. The van der Waals surface area contributed by atoms with Gasteiger partial charge in [-0.3, -0.25) is 4.98 Å². The van der Waals surface area contributed by atoms with Crippen LogP contribution in [0.3, 0.4) is 0 Å². The number of hydrogen-bond donors (Lipinski definition) is 0. The molecule has 0 bridgehead atoms. The Kier molecular flexibility index (Phi) is 3.16. The van der Waals surface area contributed by atoms with Gasteiger partial charge in [-0.05, 0) is 60.7 Å². The molecule has 23 heavy (non-hydrogen) atoms. The Labute approximate surface area is 136 Å². The van der Waals surface area contributed by atoms with Crippen molar-refractivity contribution >= 4 is 21.5 Å². The van der Waals surface area contributed by atoms with Gasteiger partial charge in [-0.15, -0.1) is 0 Å². The average Bonchev–Trinajstić information content (AvgIpc) is 2.53. The van der Waals surface area contributed by atoms with Gasteiger partial charge in [0.2, 0.25) is 0 Å². The lowest BCUT2D eigenvalue weighted by molar-refractivity contribution is 1.33. The molecule has 0 aliphatic carbocycles. The third-order valence-corrected chi connectivity index (χ3v) is 4.47. The van der Waals surface area contributed by atoms with Crippen LogP contribution in [0.4, 0.5) is 0 Å². The number of aryl methyl sites for hydroxylation is 3. The first-order chi connectivity index (χ1) is 11.1. The third-order valence-electron chi connectivity index (χ3n) is 4.47. The van der Waals surface area contributed by atoms with Crippen molar-refractivity contribution in [2.24, 2.45) is 0 Å². The maximum absolute atomic E-state index is 4.74. The molecule has 0 N–H and O–H groups in total. The minimum Gasteiger partial charge on any atom is -0.256 e. The first-order valence-electron chi connectivity index (χ1n) is 7.99. The molecule has 1 aromatic heterocycles. The molecule has 4 rings (SSSR count). The molecule has 0 aliphatic heterocycles. The van der Waals surface area contributed by atoms with Crippen molar-refractivity contribution in [3.05, 3.63) is 77.5 Å². The second-order valence-corrected chi connectivity index (χ2v) is 6.37. The van der Waals surface area contributed by atoms with Crippen LogP contribution < -0.4 is 0 Å². The van der Waals surface area contributed by atoms with Gasteiger partial charge in [0.1, 0.15) is 0 Å². The summed E-state index contributed by atoms with van der Waals surface area (Å²) in [7, 11) is 0. The summed E-state index contributed by atoms with van der Waals surface area (Å²) in [4.78, 5) is 4.74. The predicted octanol–water partition coefficient (Wildman–Crippen LogP) is 5.98. The van der Waals surface area contributed by atoms with Crippen molar-refractivity contribution < 1.29 is 0 Å². The molecule has 0 saturated carbocycles. The van der Waals surface area contributed by atoms with E-state index in [1.807, 2.05) is 6.20 Å². The SMILES string of the molecule is Cc1cc(C)cc(-c2nccc3cc(C)c4ccccc4c23)c1. The summed E-state index contributed by atoms with van der Waals surface area (Å²) in [6.45, 7) is 6.46. The van der Waals surface area contributed by atoms with Gasteiger partial charge in [-0.1, -0.05) is 47.5 Å². The Morgan fingerprint density at radius 2 is 1.43 bits per heavy atom. The molecule has 0 fully saturated rings. The molecule has 3 aromatic carbocycles. The predicted molar refractivity (Wildman–Crippen MR) is 98.9 cm³/mol. The summed E-state index contributed by atoms with van der Waals surface area (Å²) in [5.41, 5.74) is 6.13. The molecule has 1 nitrogen and oxygen atoms in total. The average molecular weight is 297 g/mol. The lowest BCUT2D eigenvalue weighted by Gasteiger charge is -2.12. The van der Waals surface area contributed by atoms with Crippen LogP contribution in [0.15, 0.2) is 60.8 Å². The number of hydrogen-bond acceptors (Lipinski definition) is 1. The Morgan fingerprint density at radius 3 is 2.17 bits per heavy atom. The van der Waals surface area contributed by atoms with Gasteiger partial charge in [0.15, 0.2) is 0 Å². The van der Waals surface area contributed by atoms with E-state index in [2.05, 4.69) is 75.4 Å². The van der Waals surface area contributed by atoms with E-state index in [1.165, 1.54) is 43.8 Å². The van der Waals surface area contributed by atoms with Gasteiger partial charge in [-0.25, -0.2) is 0 Å². The maximum atomic E-state index is 4.74. The van der Waals surface area contributed by atoms with Crippen LogP contribution in [0, 0.1) is 20.8 Å². The molecule has 0 unspecified atom stereocenters. The quantitative estimate of drug-likeness (QED) is 0.394.